The lowest BCUT2D eigenvalue weighted by atomic mass is 10.3. The van der Waals surface area contributed by atoms with Crippen LogP contribution in [0.5, 0.6) is 0 Å². The van der Waals surface area contributed by atoms with E-state index >= 15 is 0 Å². The number of amides is 2. The third-order valence-electron chi connectivity index (χ3n) is 3.37. The number of nitrogens with zero attached hydrogens (tertiary/aromatic N) is 3. The fraction of sp³-hybridized carbons (Fsp3) is 0.118. The first kappa shape index (κ1) is 17.4. The summed E-state index contributed by atoms with van der Waals surface area (Å²) in [6, 6.07) is 17.0. The van der Waals surface area contributed by atoms with Crippen molar-refractivity contribution in [2.45, 2.75) is 6.92 Å². The number of benzene rings is 2. The van der Waals surface area contributed by atoms with Gasteiger partial charge in [-0.05, 0) is 47.1 Å². The van der Waals surface area contributed by atoms with E-state index in [9.17, 15) is 4.79 Å². The van der Waals surface area contributed by atoms with E-state index in [1.807, 2.05) is 66.4 Å². The first-order valence-electron chi connectivity index (χ1n) is 7.66. The summed E-state index contributed by atoms with van der Waals surface area (Å²) in [5, 5.41) is 14.9. The Morgan fingerprint density at radius 3 is 2.52 bits per heavy atom. The van der Waals surface area contributed by atoms with Gasteiger partial charge in [0.05, 0.1) is 5.69 Å². The smallest absolute Gasteiger partial charge is 0.317 e. The van der Waals surface area contributed by atoms with Crippen LogP contribution in [-0.4, -0.2) is 22.8 Å². The van der Waals surface area contributed by atoms with Crippen molar-refractivity contribution in [3.8, 4) is 0 Å². The first-order chi connectivity index (χ1) is 12.2. The molecule has 25 heavy (non-hydrogen) atoms. The Hall–Kier alpha value is -2.45. The molecule has 0 unspecified atom stereocenters. The van der Waals surface area contributed by atoms with Gasteiger partial charge in [-0.3, -0.25) is 5.32 Å². The van der Waals surface area contributed by atoms with Gasteiger partial charge in [0.25, 0.3) is 0 Å². The number of carbonyl (C=O) groups is 1. The van der Waals surface area contributed by atoms with Crippen LogP contribution in [0.2, 0.25) is 0 Å². The Labute approximate surface area is 158 Å². The van der Waals surface area contributed by atoms with Crippen molar-refractivity contribution in [3.63, 3.8) is 0 Å². The van der Waals surface area contributed by atoms with Gasteiger partial charge in [-0.2, -0.15) is 0 Å². The van der Waals surface area contributed by atoms with Crippen LogP contribution in [-0.2, 0) is 0 Å². The van der Waals surface area contributed by atoms with Crippen molar-refractivity contribution in [1.82, 2.24) is 10.2 Å². The molecule has 2 aromatic carbocycles. The molecule has 2 N–H and O–H groups in total. The SMILES string of the molecule is CCN(c1ccccc1)c1nnc(NC(=O)Nc2ccccc2Br)s1. The summed E-state index contributed by atoms with van der Waals surface area (Å²) in [7, 11) is 0. The Kier molecular flexibility index (Phi) is 5.62. The molecule has 0 saturated heterocycles. The molecule has 0 spiro atoms. The molecule has 2 amide bonds. The topological polar surface area (TPSA) is 70.2 Å². The van der Waals surface area contributed by atoms with Crippen LogP contribution in [0.3, 0.4) is 0 Å². The van der Waals surface area contributed by atoms with Crippen LogP contribution < -0.4 is 15.5 Å². The van der Waals surface area contributed by atoms with E-state index < -0.39 is 0 Å². The predicted octanol–water partition coefficient (Wildman–Crippen LogP) is 5.10. The van der Waals surface area contributed by atoms with Crippen LogP contribution in [0.4, 0.5) is 26.4 Å². The van der Waals surface area contributed by atoms with Gasteiger partial charge < -0.3 is 10.2 Å². The highest BCUT2D eigenvalue weighted by Crippen LogP contribution is 2.30. The van der Waals surface area contributed by atoms with E-state index in [-0.39, 0.29) is 6.03 Å². The molecule has 0 aliphatic rings. The monoisotopic (exact) mass is 417 g/mol. The number of rotatable bonds is 5. The number of anilines is 4. The molecule has 0 atom stereocenters. The van der Waals surface area contributed by atoms with E-state index in [1.54, 1.807) is 0 Å². The second-order valence-electron chi connectivity index (χ2n) is 5.03. The van der Waals surface area contributed by atoms with E-state index in [2.05, 4.69) is 36.8 Å². The molecular formula is C17H16BrN5OS. The number of aromatic nitrogens is 2. The molecule has 0 aliphatic heterocycles. The molecule has 1 heterocycles. The van der Waals surface area contributed by atoms with Gasteiger partial charge in [0.15, 0.2) is 0 Å². The zero-order chi connectivity index (χ0) is 17.6. The Morgan fingerprint density at radius 1 is 1.08 bits per heavy atom. The van der Waals surface area contributed by atoms with Crippen LogP contribution >= 0.6 is 27.3 Å². The lowest BCUT2D eigenvalue weighted by Crippen LogP contribution is -2.19. The second-order valence-corrected chi connectivity index (χ2v) is 6.84. The van der Waals surface area contributed by atoms with Crippen LogP contribution in [0.15, 0.2) is 59.1 Å². The van der Waals surface area contributed by atoms with Crippen molar-refractivity contribution >= 4 is 54.9 Å². The van der Waals surface area contributed by atoms with E-state index in [4.69, 9.17) is 0 Å². The third-order valence-corrected chi connectivity index (χ3v) is 4.93. The normalized spacial score (nSPS) is 10.3. The largest absolute Gasteiger partial charge is 0.325 e. The lowest BCUT2D eigenvalue weighted by molar-refractivity contribution is 0.262. The minimum atomic E-state index is -0.364. The standard InChI is InChI=1S/C17H16BrN5OS/c1-2-23(12-8-4-3-5-9-12)17-22-21-16(25-17)20-15(24)19-14-11-7-6-10-13(14)18/h3-11H,2H2,1H3,(H2,19,20,21,24). The molecule has 0 radical (unpaired) electrons. The van der Waals surface area contributed by atoms with E-state index in [0.29, 0.717) is 10.8 Å². The summed E-state index contributed by atoms with van der Waals surface area (Å²) in [5.74, 6) is 0. The minimum Gasteiger partial charge on any atom is -0.317 e. The summed E-state index contributed by atoms with van der Waals surface area (Å²) in [6.07, 6.45) is 0. The summed E-state index contributed by atoms with van der Waals surface area (Å²) >= 11 is 4.72. The van der Waals surface area contributed by atoms with Crippen molar-refractivity contribution in [2.24, 2.45) is 0 Å². The lowest BCUT2D eigenvalue weighted by Gasteiger charge is -2.18. The van der Waals surface area contributed by atoms with Crippen LogP contribution in [0.25, 0.3) is 0 Å². The number of nitrogens with one attached hydrogen (secondary N) is 2. The molecule has 6 nitrogen and oxygen atoms in total. The van der Waals surface area contributed by atoms with Crippen molar-refractivity contribution < 1.29 is 4.79 Å². The summed E-state index contributed by atoms with van der Waals surface area (Å²) in [5.41, 5.74) is 1.72. The van der Waals surface area contributed by atoms with Crippen molar-refractivity contribution in [1.29, 1.82) is 0 Å². The minimum absolute atomic E-state index is 0.364. The van der Waals surface area contributed by atoms with Crippen molar-refractivity contribution in [3.05, 3.63) is 59.1 Å². The van der Waals surface area contributed by atoms with Gasteiger partial charge in [-0.15, -0.1) is 10.2 Å². The maximum Gasteiger partial charge on any atom is 0.325 e. The average molecular weight is 418 g/mol. The van der Waals surface area contributed by atoms with Gasteiger partial charge in [-0.1, -0.05) is 41.7 Å². The van der Waals surface area contributed by atoms with Gasteiger partial charge in [0.1, 0.15) is 0 Å². The molecular weight excluding hydrogens is 402 g/mol. The Bertz CT molecular complexity index is 855. The highest BCUT2D eigenvalue weighted by Gasteiger charge is 2.14. The number of para-hydroxylation sites is 2. The molecule has 8 heteroatoms. The number of hydrogen-bond donors (Lipinski definition) is 2. The first-order valence-corrected chi connectivity index (χ1v) is 9.27. The Morgan fingerprint density at radius 2 is 1.80 bits per heavy atom. The second kappa shape index (κ2) is 8.09. The highest BCUT2D eigenvalue weighted by molar-refractivity contribution is 9.10. The van der Waals surface area contributed by atoms with Gasteiger partial charge in [0, 0.05) is 16.7 Å². The maximum absolute atomic E-state index is 12.1. The predicted molar refractivity (Wildman–Crippen MR) is 106 cm³/mol. The zero-order valence-electron chi connectivity index (χ0n) is 13.4. The van der Waals surface area contributed by atoms with Crippen LogP contribution in [0.1, 0.15) is 6.92 Å². The summed E-state index contributed by atoms with van der Waals surface area (Å²) in [4.78, 5) is 14.2. The zero-order valence-corrected chi connectivity index (χ0v) is 15.8. The van der Waals surface area contributed by atoms with Gasteiger partial charge >= 0.3 is 6.03 Å². The highest BCUT2D eigenvalue weighted by atomic mass is 79.9. The molecule has 0 bridgehead atoms. The molecule has 0 aliphatic carbocycles. The molecule has 0 fully saturated rings. The number of urea groups is 1. The van der Waals surface area contributed by atoms with Crippen LogP contribution in [0, 0.1) is 0 Å². The summed E-state index contributed by atoms with van der Waals surface area (Å²) in [6.45, 7) is 2.79. The number of halogens is 1. The molecule has 1 aromatic heterocycles. The quantitative estimate of drug-likeness (QED) is 0.605. The fourth-order valence-electron chi connectivity index (χ4n) is 2.22. The van der Waals surface area contributed by atoms with E-state index in [1.165, 1.54) is 11.3 Å². The molecule has 128 valence electrons. The van der Waals surface area contributed by atoms with Gasteiger partial charge in [0.2, 0.25) is 10.3 Å². The summed E-state index contributed by atoms with van der Waals surface area (Å²) < 4.78 is 0.810. The van der Waals surface area contributed by atoms with E-state index in [0.717, 1.165) is 21.8 Å². The Balaban J connectivity index is 1.69. The fourth-order valence-corrected chi connectivity index (χ4v) is 3.43. The molecule has 3 aromatic rings. The third kappa shape index (κ3) is 4.34. The number of hydrogen-bond acceptors (Lipinski definition) is 5. The van der Waals surface area contributed by atoms with Crippen molar-refractivity contribution in [2.75, 3.05) is 22.1 Å². The number of carbonyl (C=O) groups excluding carboxylic acids is 1. The maximum atomic E-state index is 12.1. The molecule has 3 rings (SSSR count). The molecule has 0 saturated carbocycles. The van der Waals surface area contributed by atoms with Gasteiger partial charge in [-0.25, -0.2) is 4.79 Å². The average Bonchev–Trinajstić information content (AvgIpc) is 3.06.